The van der Waals surface area contributed by atoms with E-state index in [1.54, 1.807) is 14.2 Å². The molecule has 0 saturated carbocycles. The summed E-state index contributed by atoms with van der Waals surface area (Å²) in [4.78, 5) is 0. The largest absolute Gasteiger partial charge is 0.487 e. The number of fused-ring (bicyclic) bond motifs is 1. The van der Waals surface area contributed by atoms with Crippen LogP contribution in [0.2, 0.25) is 0 Å². The van der Waals surface area contributed by atoms with Gasteiger partial charge < -0.3 is 28.8 Å². The van der Waals surface area contributed by atoms with E-state index in [0.29, 0.717) is 0 Å². The molecule has 0 radical (unpaired) electrons. The highest BCUT2D eigenvalue weighted by Gasteiger charge is 2.32. The van der Waals surface area contributed by atoms with Crippen LogP contribution in [0.4, 0.5) is 0 Å². The fraction of sp³-hybridized carbons (Fsp3) is 0.677. The third-order valence-electron chi connectivity index (χ3n) is 7.13. The fourth-order valence-corrected chi connectivity index (χ4v) is 4.87. The van der Waals surface area contributed by atoms with E-state index in [0.717, 1.165) is 67.6 Å². The highest BCUT2D eigenvalue weighted by atomic mass is 16.7. The topological polar surface area (TPSA) is 66.4 Å². The van der Waals surface area contributed by atoms with Crippen molar-refractivity contribution in [2.24, 2.45) is 5.92 Å². The Hall–Kier alpha value is -1.86. The maximum Gasteiger partial charge on any atom is 0.188 e. The summed E-state index contributed by atoms with van der Waals surface area (Å²) in [5.74, 6) is 1.98. The molecular formula is C31H50O6. The zero-order chi connectivity index (χ0) is 27.4. The molecule has 37 heavy (non-hydrogen) atoms. The van der Waals surface area contributed by atoms with Crippen LogP contribution in [-0.4, -0.2) is 50.7 Å². The molecule has 0 aromatic heterocycles. The van der Waals surface area contributed by atoms with E-state index in [4.69, 9.17) is 23.7 Å². The van der Waals surface area contributed by atoms with Crippen LogP contribution >= 0.6 is 0 Å². The molecule has 0 unspecified atom stereocenters. The molecule has 6 heteroatoms. The number of ether oxygens (including phenoxy) is 5. The summed E-state index contributed by atoms with van der Waals surface area (Å²) in [5, 5.41) is 10.8. The Kier molecular flexibility index (Phi) is 13.2. The van der Waals surface area contributed by atoms with E-state index in [1.165, 1.54) is 11.1 Å². The lowest BCUT2D eigenvalue weighted by molar-refractivity contribution is -0.105. The lowest BCUT2D eigenvalue weighted by Crippen LogP contribution is -2.36. The number of benzene rings is 1. The Balaban J connectivity index is 1.82. The van der Waals surface area contributed by atoms with Crippen LogP contribution in [0.1, 0.15) is 84.3 Å². The third-order valence-corrected chi connectivity index (χ3v) is 7.13. The van der Waals surface area contributed by atoms with Gasteiger partial charge in [0.1, 0.15) is 30.0 Å². The molecule has 0 amide bonds. The second-order valence-corrected chi connectivity index (χ2v) is 11.1. The molecule has 6 nitrogen and oxygen atoms in total. The Labute approximate surface area is 225 Å². The Morgan fingerprint density at radius 2 is 1.89 bits per heavy atom. The fourth-order valence-electron chi connectivity index (χ4n) is 4.87. The number of hydrogen-bond donors (Lipinski definition) is 1. The van der Waals surface area contributed by atoms with Crippen LogP contribution in [0.15, 0.2) is 35.4 Å². The van der Waals surface area contributed by atoms with Crippen molar-refractivity contribution in [1.82, 2.24) is 0 Å². The van der Waals surface area contributed by atoms with Gasteiger partial charge in [-0.2, -0.15) is 0 Å². The Morgan fingerprint density at radius 3 is 2.57 bits per heavy atom. The minimum atomic E-state index is -0.549. The van der Waals surface area contributed by atoms with Crippen molar-refractivity contribution in [2.75, 3.05) is 27.8 Å². The molecule has 210 valence electrons. The van der Waals surface area contributed by atoms with Crippen molar-refractivity contribution >= 4 is 0 Å². The minimum Gasteiger partial charge on any atom is -0.487 e. The van der Waals surface area contributed by atoms with Gasteiger partial charge in [0, 0.05) is 14.2 Å². The Morgan fingerprint density at radius 1 is 1.16 bits per heavy atom. The van der Waals surface area contributed by atoms with Crippen LogP contribution in [-0.2, 0) is 20.6 Å². The maximum absolute atomic E-state index is 10.8. The van der Waals surface area contributed by atoms with E-state index in [2.05, 4.69) is 39.8 Å². The van der Waals surface area contributed by atoms with Gasteiger partial charge in [-0.15, -0.1) is 0 Å². The average molecular weight is 519 g/mol. The van der Waals surface area contributed by atoms with Crippen LogP contribution in [0, 0.1) is 12.8 Å². The predicted octanol–water partition coefficient (Wildman–Crippen LogP) is 6.91. The number of methoxy groups -OCH3 is 2. The summed E-state index contributed by atoms with van der Waals surface area (Å²) in [6.45, 7) is 13.1. The molecule has 1 aliphatic rings. The van der Waals surface area contributed by atoms with Crippen molar-refractivity contribution in [1.29, 1.82) is 0 Å². The van der Waals surface area contributed by atoms with E-state index >= 15 is 0 Å². The zero-order valence-corrected chi connectivity index (χ0v) is 24.4. The first kappa shape index (κ1) is 31.4. The van der Waals surface area contributed by atoms with Gasteiger partial charge >= 0.3 is 0 Å². The molecule has 4 atom stereocenters. The van der Waals surface area contributed by atoms with Crippen LogP contribution in [0.5, 0.6) is 11.5 Å². The lowest BCUT2D eigenvalue weighted by atomic mass is 9.87. The highest BCUT2D eigenvalue weighted by Crippen LogP contribution is 2.40. The van der Waals surface area contributed by atoms with Gasteiger partial charge in [-0.05, 0) is 109 Å². The monoisotopic (exact) mass is 518 g/mol. The summed E-state index contributed by atoms with van der Waals surface area (Å²) in [6, 6.07) is 4.10. The van der Waals surface area contributed by atoms with E-state index < -0.39 is 6.10 Å². The van der Waals surface area contributed by atoms with Crippen molar-refractivity contribution in [3.05, 3.63) is 46.6 Å². The number of aliphatic hydroxyl groups is 1. The standard InChI is InChI=1S/C31H50O6/c1-22(2)17-28(36-21-34-8)29(32)24(4)13-9-11-23(3)12-10-15-31(6)16-14-26-19-27(35-20-33-7)18-25(5)30(26)37-31/h12,17-19,24,28-29,32H,9-11,13-16,20-21H2,1-8H3/b23-12+/t24-,28+,29+,31+/m0/s1. The third kappa shape index (κ3) is 10.4. The molecule has 1 heterocycles. The maximum atomic E-state index is 10.8. The molecule has 1 N–H and O–H groups in total. The molecule has 0 spiro atoms. The number of rotatable bonds is 16. The zero-order valence-electron chi connectivity index (χ0n) is 24.4. The first-order chi connectivity index (χ1) is 17.6. The van der Waals surface area contributed by atoms with Crippen molar-refractivity contribution in [3.8, 4) is 11.5 Å². The van der Waals surface area contributed by atoms with E-state index in [1.807, 2.05) is 26.0 Å². The van der Waals surface area contributed by atoms with Gasteiger partial charge in [0.05, 0.1) is 6.10 Å². The van der Waals surface area contributed by atoms with Gasteiger partial charge in [0.25, 0.3) is 0 Å². The highest BCUT2D eigenvalue weighted by molar-refractivity contribution is 5.48. The van der Waals surface area contributed by atoms with Gasteiger partial charge in [0.15, 0.2) is 6.79 Å². The first-order valence-corrected chi connectivity index (χ1v) is 13.6. The molecule has 1 aliphatic heterocycles. The Bertz CT molecular complexity index is 888. The molecular weight excluding hydrogens is 468 g/mol. The van der Waals surface area contributed by atoms with E-state index in [-0.39, 0.29) is 31.2 Å². The molecule has 1 aromatic carbocycles. The molecule has 0 saturated heterocycles. The molecule has 0 bridgehead atoms. The van der Waals surface area contributed by atoms with Crippen LogP contribution < -0.4 is 9.47 Å². The van der Waals surface area contributed by atoms with Crippen molar-refractivity contribution < 1.29 is 28.8 Å². The number of allylic oxidation sites excluding steroid dienone is 3. The molecule has 0 fully saturated rings. The average Bonchev–Trinajstić information content (AvgIpc) is 2.85. The summed E-state index contributed by atoms with van der Waals surface area (Å²) in [5.41, 5.74) is 4.68. The van der Waals surface area contributed by atoms with Gasteiger partial charge in [-0.3, -0.25) is 0 Å². The first-order valence-electron chi connectivity index (χ1n) is 13.6. The van der Waals surface area contributed by atoms with Crippen LogP contribution in [0.25, 0.3) is 0 Å². The van der Waals surface area contributed by atoms with Gasteiger partial charge in [-0.25, -0.2) is 0 Å². The van der Waals surface area contributed by atoms with Crippen molar-refractivity contribution in [3.63, 3.8) is 0 Å². The number of aliphatic hydroxyl groups excluding tert-OH is 1. The molecule has 1 aromatic rings. The minimum absolute atomic E-state index is 0.142. The summed E-state index contributed by atoms with van der Waals surface area (Å²) < 4.78 is 27.9. The summed E-state index contributed by atoms with van der Waals surface area (Å²) >= 11 is 0. The van der Waals surface area contributed by atoms with E-state index in [9.17, 15) is 5.11 Å². The van der Waals surface area contributed by atoms with Gasteiger partial charge in [-0.1, -0.05) is 30.2 Å². The number of aryl methyl sites for hydroxylation is 2. The number of hydrogen-bond acceptors (Lipinski definition) is 6. The SMILES string of the molecule is COCOc1cc(C)c2c(c1)CC[C@@](C)(CC/C=C(\C)CCC[C@H](C)[C@@H](O)[C@@H](C=C(C)C)OCOC)O2. The van der Waals surface area contributed by atoms with Crippen LogP contribution in [0.3, 0.4) is 0 Å². The summed E-state index contributed by atoms with van der Waals surface area (Å²) in [7, 11) is 3.23. The molecule has 2 rings (SSSR count). The predicted molar refractivity (Wildman–Crippen MR) is 149 cm³/mol. The van der Waals surface area contributed by atoms with Gasteiger partial charge in [0.2, 0.25) is 0 Å². The second kappa shape index (κ2) is 15.5. The quantitative estimate of drug-likeness (QED) is 0.189. The summed E-state index contributed by atoms with van der Waals surface area (Å²) in [6.07, 6.45) is 10.4. The lowest BCUT2D eigenvalue weighted by Gasteiger charge is -2.37. The second-order valence-electron chi connectivity index (χ2n) is 11.1. The molecule has 0 aliphatic carbocycles. The van der Waals surface area contributed by atoms with Crippen molar-refractivity contribution in [2.45, 2.75) is 104 Å². The smallest absolute Gasteiger partial charge is 0.188 e. The normalized spacial score (nSPS) is 20.0.